The van der Waals surface area contributed by atoms with Crippen LogP contribution in [0, 0.1) is 5.92 Å². The van der Waals surface area contributed by atoms with Gasteiger partial charge in [0.15, 0.2) is 0 Å². The van der Waals surface area contributed by atoms with Gasteiger partial charge in [0, 0.05) is 13.1 Å². The summed E-state index contributed by atoms with van der Waals surface area (Å²) in [4.78, 5) is 41.8. The van der Waals surface area contributed by atoms with Gasteiger partial charge in [0.2, 0.25) is 5.91 Å². The zero-order chi connectivity index (χ0) is 19.0. The van der Waals surface area contributed by atoms with E-state index in [1.807, 2.05) is 13.8 Å². The van der Waals surface area contributed by atoms with Crippen molar-refractivity contribution in [3.63, 3.8) is 0 Å². The second-order valence-electron chi connectivity index (χ2n) is 7.32. The van der Waals surface area contributed by atoms with E-state index in [4.69, 9.17) is 23.2 Å². The molecule has 2 heterocycles. The molecule has 0 aliphatic carbocycles. The Morgan fingerprint density at radius 1 is 1.00 bits per heavy atom. The van der Waals surface area contributed by atoms with Gasteiger partial charge in [-0.3, -0.25) is 19.3 Å². The average Bonchev–Trinajstić information content (AvgIpc) is 2.84. The van der Waals surface area contributed by atoms with Crippen molar-refractivity contribution in [2.45, 2.75) is 45.6 Å². The number of piperidine rings is 1. The molecular weight excluding hydrogens is 375 g/mol. The van der Waals surface area contributed by atoms with E-state index in [1.54, 1.807) is 4.90 Å². The number of rotatable bonds is 4. The molecule has 2 aliphatic heterocycles. The maximum absolute atomic E-state index is 13.1. The van der Waals surface area contributed by atoms with Gasteiger partial charge >= 0.3 is 0 Å². The van der Waals surface area contributed by atoms with Crippen LogP contribution >= 0.6 is 23.2 Å². The van der Waals surface area contributed by atoms with E-state index in [9.17, 15) is 14.4 Å². The van der Waals surface area contributed by atoms with Crippen LogP contribution in [0.5, 0.6) is 0 Å². The fraction of sp³-hybridized carbons (Fsp3) is 0.526. The van der Waals surface area contributed by atoms with Gasteiger partial charge in [-0.15, -0.1) is 0 Å². The molecule has 140 valence electrons. The molecule has 3 amide bonds. The van der Waals surface area contributed by atoms with E-state index in [0.717, 1.165) is 24.2 Å². The van der Waals surface area contributed by atoms with Gasteiger partial charge in [-0.1, -0.05) is 37.0 Å². The first-order valence-electron chi connectivity index (χ1n) is 8.97. The Kier molecular flexibility index (Phi) is 5.58. The SMILES string of the molecule is CC(C)C[C@H](C(=O)N1CCCCC1)N1C(=O)c2cc(Cl)c(Cl)cc2C1=O. The Labute approximate surface area is 163 Å². The molecule has 1 saturated heterocycles. The van der Waals surface area contributed by atoms with Gasteiger partial charge in [0.1, 0.15) is 6.04 Å². The van der Waals surface area contributed by atoms with Crippen molar-refractivity contribution in [2.75, 3.05) is 13.1 Å². The fourth-order valence-electron chi connectivity index (χ4n) is 3.62. The van der Waals surface area contributed by atoms with Crippen LogP contribution in [0.2, 0.25) is 10.0 Å². The molecule has 0 radical (unpaired) electrons. The van der Waals surface area contributed by atoms with E-state index in [1.165, 1.54) is 12.1 Å². The van der Waals surface area contributed by atoms with Crippen LogP contribution in [0.3, 0.4) is 0 Å². The minimum absolute atomic E-state index is 0.148. The second kappa shape index (κ2) is 7.57. The molecule has 2 aliphatic rings. The number of amides is 3. The van der Waals surface area contributed by atoms with Gasteiger partial charge in [-0.05, 0) is 43.7 Å². The fourth-order valence-corrected chi connectivity index (χ4v) is 3.95. The lowest BCUT2D eigenvalue weighted by molar-refractivity contribution is -0.136. The maximum Gasteiger partial charge on any atom is 0.262 e. The van der Waals surface area contributed by atoms with Crippen molar-refractivity contribution in [1.82, 2.24) is 9.80 Å². The van der Waals surface area contributed by atoms with Crippen LogP contribution in [-0.4, -0.2) is 46.7 Å². The van der Waals surface area contributed by atoms with Crippen molar-refractivity contribution in [2.24, 2.45) is 5.92 Å². The van der Waals surface area contributed by atoms with Crippen molar-refractivity contribution >= 4 is 40.9 Å². The molecule has 7 heteroatoms. The molecule has 0 bridgehead atoms. The third-order valence-corrected chi connectivity index (χ3v) is 5.64. The summed E-state index contributed by atoms with van der Waals surface area (Å²) in [6, 6.07) is 2.03. The van der Waals surface area contributed by atoms with Gasteiger partial charge < -0.3 is 4.90 Å². The van der Waals surface area contributed by atoms with E-state index < -0.39 is 17.9 Å². The molecule has 0 spiro atoms. The highest BCUT2D eigenvalue weighted by Crippen LogP contribution is 2.34. The molecule has 3 rings (SSSR count). The standard InChI is InChI=1S/C19H22Cl2N2O3/c1-11(2)8-16(19(26)22-6-4-3-5-7-22)23-17(24)12-9-14(20)15(21)10-13(12)18(23)25/h9-11,16H,3-8H2,1-2H3/t16-/m1/s1. The van der Waals surface area contributed by atoms with Crippen molar-refractivity contribution in [3.8, 4) is 0 Å². The lowest BCUT2D eigenvalue weighted by Gasteiger charge is -2.34. The summed E-state index contributed by atoms with van der Waals surface area (Å²) in [7, 11) is 0. The lowest BCUT2D eigenvalue weighted by Crippen LogP contribution is -2.52. The van der Waals surface area contributed by atoms with E-state index in [-0.39, 0.29) is 33.0 Å². The number of carbonyl (C=O) groups excluding carboxylic acids is 3. The third-order valence-electron chi connectivity index (χ3n) is 4.92. The number of imide groups is 1. The number of carbonyl (C=O) groups is 3. The summed E-state index contributed by atoms with van der Waals surface area (Å²) in [6.07, 6.45) is 3.44. The highest BCUT2D eigenvalue weighted by atomic mass is 35.5. The highest BCUT2D eigenvalue weighted by Gasteiger charge is 2.44. The van der Waals surface area contributed by atoms with Gasteiger partial charge in [-0.25, -0.2) is 0 Å². The molecule has 1 aromatic carbocycles. The first-order valence-corrected chi connectivity index (χ1v) is 9.72. The number of fused-ring (bicyclic) bond motifs is 1. The Balaban J connectivity index is 1.95. The molecular formula is C19H22Cl2N2O3. The quantitative estimate of drug-likeness (QED) is 0.722. The van der Waals surface area contributed by atoms with Crippen LogP contribution in [0.15, 0.2) is 12.1 Å². The first-order chi connectivity index (χ1) is 12.3. The number of halogens is 2. The minimum atomic E-state index is -0.793. The summed E-state index contributed by atoms with van der Waals surface area (Å²) in [5, 5.41) is 0.437. The molecule has 1 atom stereocenters. The Morgan fingerprint density at radius 2 is 1.50 bits per heavy atom. The molecule has 1 fully saturated rings. The van der Waals surface area contributed by atoms with E-state index >= 15 is 0 Å². The van der Waals surface area contributed by atoms with Crippen molar-refractivity contribution in [3.05, 3.63) is 33.3 Å². The van der Waals surface area contributed by atoms with Crippen LogP contribution < -0.4 is 0 Å². The number of nitrogens with zero attached hydrogens (tertiary/aromatic N) is 2. The van der Waals surface area contributed by atoms with Gasteiger partial charge in [0.05, 0.1) is 21.2 Å². The minimum Gasteiger partial charge on any atom is -0.341 e. The van der Waals surface area contributed by atoms with Crippen molar-refractivity contribution < 1.29 is 14.4 Å². The van der Waals surface area contributed by atoms with Crippen molar-refractivity contribution in [1.29, 1.82) is 0 Å². The summed E-state index contributed by atoms with van der Waals surface area (Å²) in [5.41, 5.74) is 0.425. The van der Waals surface area contributed by atoms with E-state index in [0.29, 0.717) is 19.5 Å². The molecule has 1 aromatic rings. The normalized spacial score (nSPS) is 18.5. The summed E-state index contributed by atoms with van der Waals surface area (Å²) in [5.74, 6) is -0.936. The average molecular weight is 397 g/mol. The van der Waals surface area contributed by atoms with Crippen LogP contribution in [0.25, 0.3) is 0 Å². The Bertz CT molecular complexity index is 716. The predicted octanol–water partition coefficient (Wildman–Crippen LogP) is 4.02. The largest absolute Gasteiger partial charge is 0.341 e. The monoisotopic (exact) mass is 396 g/mol. The summed E-state index contributed by atoms with van der Waals surface area (Å²) in [6.45, 7) is 5.30. The molecule has 0 N–H and O–H groups in total. The predicted molar refractivity (Wildman–Crippen MR) is 101 cm³/mol. The molecule has 0 unspecified atom stereocenters. The molecule has 5 nitrogen and oxygen atoms in total. The van der Waals surface area contributed by atoms with Crippen LogP contribution in [0.4, 0.5) is 0 Å². The summed E-state index contributed by atoms with van der Waals surface area (Å²) < 4.78 is 0. The van der Waals surface area contributed by atoms with Gasteiger partial charge in [0.25, 0.3) is 11.8 Å². The maximum atomic E-state index is 13.1. The molecule has 0 aromatic heterocycles. The number of hydrogen-bond acceptors (Lipinski definition) is 3. The topological polar surface area (TPSA) is 57.7 Å². The van der Waals surface area contributed by atoms with Crippen LogP contribution in [0.1, 0.15) is 60.2 Å². The zero-order valence-electron chi connectivity index (χ0n) is 14.9. The highest BCUT2D eigenvalue weighted by molar-refractivity contribution is 6.43. The molecule has 0 saturated carbocycles. The third kappa shape index (κ3) is 3.47. The van der Waals surface area contributed by atoms with Crippen LogP contribution in [-0.2, 0) is 4.79 Å². The van der Waals surface area contributed by atoms with E-state index in [2.05, 4.69) is 0 Å². The summed E-state index contributed by atoms with van der Waals surface area (Å²) >= 11 is 12.0. The second-order valence-corrected chi connectivity index (χ2v) is 8.14. The first kappa shape index (κ1) is 19.2. The number of hydrogen-bond donors (Lipinski definition) is 0. The van der Waals surface area contributed by atoms with Gasteiger partial charge in [-0.2, -0.15) is 0 Å². The molecule has 26 heavy (non-hydrogen) atoms. The Morgan fingerprint density at radius 3 is 1.96 bits per heavy atom. The number of likely N-dealkylation sites (tertiary alicyclic amines) is 1. The number of benzene rings is 1. The zero-order valence-corrected chi connectivity index (χ0v) is 16.4. The lowest BCUT2D eigenvalue weighted by atomic mass is 10.00. The smallest absolute Gasteiger partial charge is 0.262 e. The Hall–Kier alpha value is -1.59.